The highest BCUT2D eigenvalue weighted by Gasteiger charge is 2.30. The summed E-state index contributed by atoms with van der Waals surface area (Å²) in [7, 11) is 0. The molecule has 6 heteroatoms. The Morgan fingerprint density at radius 1 is 1.57 bits per heavy atom. The van der Waals surface area contributed by atoms with Crippen LogP contribution in [0.25, 0.3) is 0 Å². The molecule has 3 N–H and O–H groups in total. The maximum Gasteiger partial charge on any atom is 0.254 e. The Balaban J connectivity index is 2.21. The predicted molar refractivity (Wildman–Crippen MR) is 80.0 cm³/mol. The quantitative estimate of drug-likeness (QED) is 0.858. The second-order valence-electron chi connectivity index (χ2n) is 5.47. The van der Waals surface area contributed by atoms with Gasteiger partial charge in [0.2, 0.25) is 0 Å². The van der Waals surface area contributed by atoms with Crippen LogP contribution in [0.1, 0.15) is 36.3 Å². The van der Waals surface area contributed by atoms with Gasteiger partial charge in [-0.15, -0.1) is 0 Å². The summed E-state index contributed by atoms with van der Waals surface area (Å²) in [5.74, 6) is 0.277. The Kier molecular flexibility index (Phi) is 5.14. The Hall–Kier alpha value is -1.66. The van der Waals surface area contributed by atoms with E-state index in [0.29, 0.717) is 24.5 Å². The zero-order valence-electron chi connectivity index (χ0n) is 12.6. The third-order valence-corrected chi connectivity index (χ3v) is 3.62. The number of carbonyl (C=O) groups excluding carboxylic acids is 1. The fourth-order valence-corrected chi connectivity index (χ4v) is 2.50. The molecule has 2 rings (SSSR count). The van der Waals surface area contributed by atoms with Crippen LogP contribution in [0.3, 0.4) is 0 Å². The molecule has 1 aromatic rings. The van der Waals surface area contributed by atoms with Crippen LogP contribution in [-0.2, 0) is 11.2 Å². The standard InChI is InChI=1S/C15H23N3O3/c1-3-4-12-5-11(6-14(16)17-12)15(20)18-7-13(8-19)21-9-10(18)2/h5-6,10,13,19H,3-4,7-9H2,1-2H3,(H2,16,17). The van der Waals surface area contributed by atoms with Crippen molar-refractivity contribution in [3.05, 3.63) is 23.4 Å². The van der Waals surface area contributed by atoms with Crippen molar-refractivity contribution < 1.29 is 14.6 Å². The summed E-state index contributed by atoms with van der Waals surface area (Å²) in [5, 5.41) is 9.21. The van der Waals surface area contributed by atoms with Crippen molar-refractivity contribution in [1.82, 2.24) is 9.88 Å². The summed E-state index contributed by atoms with van der Waals surface area (Å²) in [6.07, 6.45) is 1.42. The molecule has 1 fully saturated rings. The third-order valence-electron chi connectivity index (χ3n) is 3.62. The lowest BCUT2D eigenvalue weighted by molar-refractivity contribution is -0.0667. The number of ether oxygens (including phenoxy) is 1. The highest BCUT2D eigenvalue weighted by atomic mass is 16.5. The van der Waals surface area contributed by atoms with Gasteiger partial charge in [0.15, 0.2) is 0 Å². The normalized spacial score (nSPS) is 22.3. The first-order valence-corrected chi connectivity index (χ1v) is 7.35. The van der Waals surface area contributed by atoms with Crippen molar-refractivity contribution in [3.63, 3.8) is 0 Å². The molecule has 0 radical (unpaired) electrons. The van der Waals surface area contributed by atoms with Crippen LogP contribution >= 0.6 is 0 Å². The molecular weight excluding hydrogens is 270 g/mol. The average Bonchev–Trinajstić information content (AvgIpc) is 2.47. The highest BCUT2D eigenvalue weighted by Crippen LogP contribution is 2.18. The van der Waals surface area contributed by atoms with Crippen molar-refractivity contribution in [3.8, 4) is 0 Å². The number of hydrogen-bond donors (Lipinski definition) is 2. The molecule has 2 unspecified atom stereocenters. The van der Waals surface area contributed by atoms with Crippen LogP contribution in [-0.4, -0.2) is 52.8 Å². The molecule has 1 aliphatic heterocycles. The number of nitrogens with zero attached hydrogens (tertiary/aromatic N) is 2. The minimum atomic E-state index is -0.320. The summed E-state index contributed by atoms with van der Waals surface area (Å²) in [5.41, 5.74) is 7.18. The van der Waals surface area contributed by atoms with Crippen LogP contribution < -0.4 is 5.73 Å². The minimum absolute atomic E-state index is 0.0238. The summed E-state index contributed by atoms with van der Waals surface area (Å²) in [6, 6.07) is 3.39. The van der Waals surface area contributed by atoms with Gasteiger partial charge in [-0.3, -0.25) is 4.79 Å². The predicted octanol–water partition coefficient (Wildman–Crippen LogP) is 0.838. The molecule has 0 saturated carbocycles. The third kappa shape index (κ3) is 3.71. The number of amides is 1. The topological polar surface area (TPSA) is 88.7 Å². The smallest absolute Gasteiger partial charge is 0.254 e. The molecule has 2 atom stereocenters. The molecule has 0 aliphatic carbocycles. The number of nitrogens with two attached hydrogens (primary N) is 1. The number of aliphatic hydroxyl groups is 1. The van der Waals surface area contributed by atoms with Gasteiger partial charge in [-0.2, -0.15) is 0 Å². The summed E-state index contributed by atoms with van der Waals surface area (Å²) < 4.78 is 5.46. The molecule has 1 aromatic heterocycles. The number of hydrogen-bond acceptors (Lipinski definition) is 5. The molecule has 0 aromatic carbocycles. The Bertz CT molecular complexity index is 507. The second kappa shape index (κ2) is 6.87. The Morgan fingerprint density at radius 3 is 3.00 bits per heavy atom. The molecule has 2 heterocycles. The summed E-state index contributed by atoms with van der Waals surface area (Å²) >= 11 is 0. The molecule has 0 spiro atoms. The first kappa shape index (κ1) is 15.7. The van der Waals surface area contributed by atoms with Crippen molar-refractivity contribution in [1.29, 1.82) is 0 Å². The van der Waals surface area contributed by atoms with E-state index in [1.165, 1.54) is 0 Å². The Labute approximate surface area is 124 Å². The Morgan fingerprint density at radius 2 is 2.33 bits per heavy atom. The molecule has 21 heavy (non-hydrogen) atoms. The maximum absolute atomic E-state index is 12.7. The van der Waals surface area contributed by atoms with Gasteiger partial charge < -0.3 is 20.5 Å². The number of rotatable bonds is 4. The van der Waals surface area contributed by atoms with Gasteiger partial charge in [-0.05, 0) is 25.5 Å². The van der Waals surface area contributed by atoms with E-state index in [4.69, 9.17) is 10.5 Å². The summed E-state index contributed by atoms with van der Waals surface area (Å²) in [6.45, 7) is 4.72. The molecule has 0 bridgehead atoms. The van der Waals surface area contributed by atoms with E-state index in [1.807, 2.05) is 6.92 Å². The van der Waals surface area contributed by atoms with Gasteiger partial charge in [0.25, 0.3) is 5.91 Å². The average molecular weight is 293 g/mol. The molecule has 6 nitrogen and oxygen atoms in total. The number of pyridine rings is 1. The van der Waals surface area contributed by atoms with Crippen molar-refractivity contribution in [2.45, 2.75) is 38.8 Å². The van der Waals surface area contributed by atoms with Gasteiger partial charge in [0, 0.05) is 17.8 Å². The molecule has 1 amide bonds. The van der Waals surface area contributed by atoms with Crippen LogP contribution in [0.15, 0.2) is 12.1 Å². The number of aryl methyl sites for hydroxylation is 1. The zero-order valence-corrected chi connectivity index (χ0v) is 12.6. The van der Waals surface area contributed by atoms with Crippen molar-refractivity contribution in [2.75, 3.05) is 25.5 Å². The number of carbonyl (C=O) groups is 1. The highest BCUT2D eigenvalue weighted by molar-refractivity contribution is 5.95. The number of nitrogen functional groups attached to an aromatic ring is 1. The van der Waals surface area contributed by atoms with Gasteiger partial charge in [-0.25, -0.2) is 4.98 Å². The lowest BCUT2D eigenvalue weighted by Gasteiger charge is -2.37. The van der Waals surface area contributed by atoms with Crippen LogP contribution in [0, 0.1) is 0 Å². The summed E-state index contributed by atoms with van der Waals surface area (Å²) in [4.78, 5) is 18.7. The molecule has 1 aliphatic rings. The lowest BCUT2D eigenvalue weighted by Crippen LogP contribution is -2.52. The maximum atomic E-state index is 12.7. The first-order chi connectivity index (χ1) is 10.0. The SMILES string of the molecule is CCCc1cc(C(=O)N2CC(CO)OCC2C)cc(N)n1. The zero-order chi connectivity index (χ0) is 15.4. The van der Waals surface area contributed by atoms with Gasteiger partial charge >= 0.3 is 0 Å². The van der Waals surface area contributed by atoms with E-state index in [1.54, 1.807) is 17.0 Å². The minimum Gasteiger partial charge on any atom is -0.394 e. The fourth-order valence-electron chi connectivity index (χ4n) is 2.50. The number of aromatic nitrogens is 1. The van der Waals surface area contributed by atoms with E-state index in [0.717, 1.165) is 18.5 Å². The second-order valence-corrected chi connectivity index (χ2v) is 5.47. The van der Waals surface area contributed by atoms with E-state index < -0.39 is 0 Å². The van der Waals surface area contributed by atoms with Crippen LogP contribution in [0.2, 0.25) is 0 Å². The van der Waals surface area contributed by atoms with E-state index in [-0.39, 0.29) is 24.7 Å². The van der Waals surface area contributed by atoms with Gasteiger partial charge in [0.05, 0.1) is 25.4 Å². The monoisotopic (exact) mass is 293 g/mol. The van der Waals surface area contributed by atoms with E-state index in [9.17, 15) is 9.90 Å². The lowest BCUT2D eigenvalue weighted by atomic mass is 10.1. The van der Waals surface area contributed by atoms with Crippen LogP contribution in [0.5, 0.6) is 0 Å². The van der Waals surface area contributed by atoms with Crippen molar-refractivity contribution >= 4 is 11.7 Å². The molecule has 1 saturated heterocycles. The van der Waals surface area contributed by atoms with E-state index >= 15 is 0 Å². The van der Waals surface area contributed by atoms with E-state index in [2.05, 4.69) is 11.9 Å². The van der Waals surface area contributed by atoms with Crippen LogP contribution in [0.4, 0.5) is 5.82 Å². The largest absolute Gasteiger partial charge is 0.394 e. The van der Waals surface area contributed by atoms with Crippen molar-refractivity contribution in [2.24, 2.45) is 0 Å². The number of morpholine rings is 1. The van der Waals surface area contributed by atoms with Gasteiger partial charge in [-0.1, -0.05) is 13.3 Å². The number of aliphatic hydroxyl groups excluding tert-OH is 1. The van der Waals surface area contributed by atoms with Gasteiger partial charge in [0.1, 0.15) is 5.82 Å². The molecular formula is C15H23N3O3. The first-order valence-electron chi connectivity index (χ1n) is 7.35. The number of anilines is 1. The fraction of sp³-hybridized carbons (Fsp3) is 0.600. The molecule has 116 valence electrons.